The zero-order valence-corrected chi connectivity index (χ0v) is 15.4. The third-order valence-electron chi connectivity index (χ3n) is 4.77. The standard InChI is InChI=1S/C20H24N5/c1-14(2)23-10-11-25(17(23)5)20-13-18(21-6)12-19(15(20)3)24-9-7-8-22-16(24)4/h7-14,17H,1-5H3/q+1/t17-/m1/s1. The predicted molar refractivity (Wildman–Crippen MR) is 99.6 cm³/mol. The Kier molecular flexibility index (Phi) is 4.45. The van der Waals surface area contributed by atoms with E-state index in [9.17, 15) is 0 Å². The van der Waals surface area contributed by atoms with Gasteiger partial charge < -0.3 is 9.80 Å². The Hall–Kier alpha value is -2.87. The van der Waals surface area contributed by atoms with E-state index in [-0.39, 0.29) is 6.17 Å². The molecular formula is C20H24N5+. The molecule has 0 saturated heterocycles. The first-order valence-electron chi connectivity index (χ1n) is 8.54. The average Bonchev–Trinajstić information content (AvgIpc) is 2.97. The van der Waals surface area contributed by atoms with Gasteiger partial charge in [-0.3, -0.25) is 0 Å². The third-order valence-corrected chi connectivity index (χ3v) is 4.77. The molecule has 0 aliphatic carbocycles. The van der Waals surface area contributed by atoms with Crippen LogP contribution in [0, 0.1) is 20.4 Å². The second kappa shape index (κ2) is 6.56. The highest BCUT2D eigenvalue weighted by atomic mass is 15.4. The van der Waals surface area contributed by atoms with E-state index in [1.807, 2.05) is 35.9 Å². The number of nitrogens with zero attached hydrogens (tertiary/aromatic N) is 5. The number of anilines is 1. The number of hydrogen-bond acceptors (Lipinski definition) is 3. The van der Waals surface area contributed by atoms with Crippen molar-refractivity contribution in [2.45, 2.75) is 46.8 Å². The van der Waals surface area contributed by atoms with E-state index in [4.69, 9.17) is 6.57 Å². The van der Waals surface area contributed by atoms with Gasteiger partial charge in [-0.15, -0.1) is 0 Å². The van der Waals surface area contributed by atoms with Crippen molar-refractivity contribution in [3.8, 4) is 5.69 Å². The fourth-order valence-corrected chi connectivity index (χ4v) is 3.38. The molecule has 1 aliphatic heterocycles. The lowest BCUT2D eigenvalue weighted by molar-refractivity contribution is -0.606. The van der Waals surface area contributed by atoms with E-state index in [2.05, 4.69) is 59.7 Å². The predicted octanol–water partition coefficient (Wildman–Crippen LogP) is 3.87. The van der Waals surface area contributed by atoms with Crippen molar-refractivity contribution in [1.29, 1.82) is 0 Å². The number of benzene rings is 1. The van der Waals surface area contributed by atoms with Crippen LogP contribution in [0.2, 0.25) is 0 Å². The van der Waals surface area contributed by atoms with Crippen LogP contribution in [-0.4, -0.2) is 22.1 Å². The van der Waals surface area contributed by atoms with Crippen LogP contribution in [0.1, 0.15) is 32.2 Å². The first-order valence-corrected chi connectivity index (χ1v) is 8.54. The molecule has 2 aromatic rings. The van der Waals surface area contributed by atoms with Crippen LogP contribution in [0.15, 0.2) is 43.0 Å². The first kappa shape index (κ1) is 17.0. The molecule has 3 rings (SSSR count). The molecule has 0 saturated carbocycles. The average molecular weight is 334 g/mol. The molecule has 5 nitrogen and oxygen atoms in total. The van der Waals surface area contributed by atoms with Gasteiger partial charge in [0, 0.05) is 42.7 Å². The molecule has 0 N–H and O–H groups in total. The maximum Gasteiger partial charge on any atom is 0.300 e. The summed E-state index contributed by atoms with van der Waals surface area (Å²) in [5.74, 6) is 0.896. The van der Waals surface area contributed by atoms with E-state index >= 15 is 0 Å². The van der Waals surface area contributed by atoms with Crippen molar-refractivity contribution < 1.29 is 4.57 Å². The minimum Gasteiger partial charge on any atom is -0.353 e. The normalized spacial score (nSPS) is 16.6. The first-order chi connectivity index (χ1) is 11.9. The molecule has 0 fully saturated rings. The van der Waals surface area contributed by atoms with Crippen molar-refractivity contribution in [2.75, 3.05) is 4.90 Å². The lowest BCUT2D eigenvalue weighted by Gasteiger charge is -2.33. The number of hydrogen-bond donors (Lipinski definition) is 0. The highest BCUT2D eigenvalue weighted by molar-refractivity contribution is 5.70. The molecule has 0 radical (unpaired) electrons. The van der Waals surface area contributed by atoms with Crippen molar-refractivity contribution in [3.05, 3.63) is 65.8 Å². The van der Waals surface area contributed by atoms with Gasteiger partial charge in [0.25, 0.3) is 5.82 Å². The smallest absolute Gasteiger partial charge is 0.300 e. The van der Waals surface area contributed by atoms with E-state index in [0.717, 1.165) is 22.8 Å². The third kappa shape index (κ3) is 2.96. The molecule has 25 heavy (non-hydrogen) atoms. The van der Waals surface area contributed by atoms with Crippen LogP contribution in [0.4, 0.5) is 11.4 Å². The molecular weight excluding hydrogens is 310 g/mol. The Labute approximate surface area is 149 Å². The highest BCUT2D eigenvalue weighted by Gasteiger charge is 2.27. The zero-order chi connectivity index (χ0) is 18.1. The molecule has 0 spiro atoms. The molecule has 0 unspecified atom stereocenters. The van der Waals surface area contributed by atoms with E-state index in [1.54, 1.807) is 6.20 Å². The minimum absolute atomic E-state index is 0.215. The van der Waals surface area contributed by atoms with Gasteiger partial charge in [0.1, 0.15) is 24.2 Å². The van der Waals surface area contributed by atoms with Gasteiger partial charge in [0.15, 0.2) is 5.69 Å². The summed E-state index contributed by atoms with van der Waals surface area (Å²) in [5, 5.41) is 0. The largest absolute Gasteiger partial charge is 0.353 e. The van der Waals surface area contributed by atoms with Crippen molar-refractivity contribution in [2.24, 2.45) is 0 Å². The molecule has 2 heterocycles. The molecule has 128 valence electrons. The van der Waals surface area contributed by atoms with Gasteiger partial charge in [-0.2, -0.15) is 0 Å². The van der Waals surface area contributed by atoms with Gasteiger partial charge in [-0.1, -0.05) is 4.98 Å². The number of rotatable bonds is 3. The molecule has 1 aromatic heterocycles. The SMILES string of the molecule is [C-]#[N+]c1cc(N2C=CN(C(C)C)[C@H]2C)c(C)c(-[n+]2cccnc2C)c1. The summed E-state index contributed by atoms with van der Waals surface area (Å²) in [6.45, 7) is 18.1. The Morgan fingerprint density at radius 1 is 1.24 bits per heavy atom. The fraction of sp³-hybridized carbons (Fsp3) is 0.350. The van der Waals surface area contributed by atoms with Crippen LogP contribution in [0.25, 0.3) is 10.5 Å². The van der Waals surface area contributed by atoms with Gasteiger partial charge >= 0.3 is 0 Å². The van der Waals surface area contributed by atoms with E-state index in [0.29, 0.717) is 11.7 Å². The zero-order valence-electron chi connectivity index (χ0n) is 15.4. The van der Waals surface area contributed by atoms with Crippen LogP contribution in [-0.2, 0) is 0 Å². The van der Waals surface area contributed by atoms with Gasteiger partial charge in [-0.25, -0.2) is 9.41 Å². The Morgan fingerprint density at radius 2 is 2.00 bits per heavy atom. The second-order valence-electron chi connectivity index (χ2n) is 6.64. The summed E-state index contributed by atoms with van der Waals surface area (Å²) in [4.78, 5) is 12.6. The summed E-state index contributed by atoms with van der Waals surface area (Å²) in [7, 11) is 0. The summed E-state index contributed by atoms with van der Waals surface area (Å²) in [6, 6.07) is 6.25. The minimum atomic E-state index is 0.215. The number of aromatic nitrogens is 2. The van der Waals surface area contributed by atoms with E-state index in [1.165, 1.54) is 0 Å². The summed E-state index contributed by atoms with van der Waals surface area (Å²) in [5.41, 5.74) is 3.83. The van der Waals surface area contributed by atoms with Crippen molar-refractivity contribution in [1.82, 2.24) is 9.88 Å². The molecule has 1 aliphatic rings. The van der Waals surface area contributed by atoms with Gasteiger partial charge in [0.2, 0.25) is 0 Å². The van der Waals surface area contributed by atoms with Crippen LogP contribution >= 0.6 is 0 Å². The van der Waals surface area contributed by atoms with Crippen molar-refractivity contribution >= 4 is 11.4 Å². The molecule has 0 amide bonds. The topological polar surface area (TPSA) is 27.6 Å². The number of aryl methyl sites for hydroxylation is 1. The quantitative estimate of drug-likeness (QED) is 0.630. The Balaban J connectivity index is 2.14. The Bertz CT molecular complexity index is 863. The summed E-state index contributed by atoms with van der Waals surface area (Å²) < 4.78 is 2.04. The summed E-state index contributed by atoms with van der Waals surface area (Å²) in [6.07, 6.45) is 8.22. The molecule has 1 atom stereocenters. The van der Waals surface area contributed by atoms with Crippen LogP contribution in [0.5, 0.6) is 0 Å². The highest BCUT2D eigenvalue weighted by Crippen LogP contribution is 2.34. The lowest BCUT2D eigenvalue weighted by Crippen LogP contribution is -2.40. The van der Waals surface area contributed by atoms with Gasteiger partial charge in [0.05, 0.1) is 6.57 Å². The van der Waals surface area contributed by atoms with Gasteiger partial charge in [-0.05, 0) is 39.8 Å². The lowest BCUT2D eigenvalue weighted by atomic mass is 10.1. The molecule has 5 heteroatoms. The molecule has 0 bridgehead atoms. The Morgan fingerprint density at radius 3 is 2.60 bits per heavy atom. The molecule has 1 aromatic carbocycles. The van der Waals surface area contributed by atoms with Crippen LogP contribution in [0.3, 0.4) is 0 Å². The van der Waals surface area contributed by atoms with Crippen molar-refractivity contribution in [3.63, 3.8) is 0 Å². The monoisotopic (exact) mass is 334 g/mol. The second-order valence-corrected chi connectivity index (χ2v) is 6.64. The van der Waals surface area contributed by atoms with Crippen LogP contribution < -0.4 is 9.47 Å². The maximum atomic E-state index is 7.51. The maximum absolute atomic E-state index is 7.51. The summed E-state index contributed by atoms with van der Waals surface area (Å²) >= 11 is 0. The van der Waals surface area contributed by atoms with E-state index < -0.39 is 0 Å². The fourth-order valence-electron chi connectivity index (χ4n) is 3.38.